The summed E-state index contributed by atoms with van der Waals surface area (Å²) in [5.41, 5.74) is 0. The summed E-state index contributed by atoms with van der Waals surface area (Å²) >= 11 is 0. The number of hydrogen-bond donors (Lipinski definition) is 1. The summed E-state index contributed by atoms with van der Waals surface area (Å²) in [6.07, 6.45) is 12.8. The number of carboxylic acids is 1. The molecule has 1 N–H and O–H groups in total. The molecule has 0 saturated carbocycles. The lowest BCUT2D eigenvalue weighted by atomic mass is 9.97. The van der Waals surface area contributed by atoms with E-state index in [1.54, 1.807) is 0 Å². The molecule has 0 aromatic rings. The molecular formula is C23H42O6. The molecule has 0 aliphatic carbocycles. The molecule has 6 heteroatoms. The number of rotatable bonds is 20. The van der Waals surface area contributed by atoms with Crippen molar-refractivity contribution in [3.05, 3.63) is 0 Å². The standard InChI is InChI=1S/C23H42O6/c1-3-5-7-9-11-13-15-28-22(26)18-20(17-21(24)25)19-23(27)29-16-14-12-10-8-6-4-2/h20H,3-19H2,1-2H3,(H,24,25). The van der Waals surface area contributed by atoms with Crippen LogP contribution in [0.25, 0.3) is 0 Å². The minimum Gasteiger partial charge on any atom is -0.481 e. The Kier molecular flexibility index (Phi) is 18.6. The van der Waals surface area contributed by atoms with Gasteiger partial charge >= 0.3 is 17.9 Å². The van der Waals surface area contributed by atoms with Crippen molar-refractivity contribution >= 4 is 17.9 Å². The SMILES string of the molecule is CCCCCCCCOC(=O)CC(CC(=O)O)CC(=O)OCCCCCCCC. The average molecular weight is 415 g/mol. The Morgan fingerprint density at radius 3 is 1.38 bits per heavy atom. The average Bonchev–Trinajstić information content (AvgIpc) is 2.66. The molecule has 0 saturated heterocycles. The van der Waals surface area contributed by atoms with E-state index in [1.165, 1.54) is 38.5 Å². The Morgan fingerprint density at radius 2 is 1.00 bits per heavy atom. The molecule has 0 spiro atoms. The molecule has 170 valence electrons. The summed E-state index contributed by atoms with van der Waals surface area (Å²) in [7, 11) is 0. The van der Waals surface area contributed by atoms with Crippen LogP contribution in [-0.2, 0) is 23.9 Å². The smallest absolute Gasteiger partial charge is 0.306 e. The number of ether oxygens (including phenoxy) is 2. The highest BCUT2D eigenvalue weighted by atomic mass is 16.5. The molecule has 0 fully saturated rings. The van der Waals surface area contributed by atoms with Crippen LogP contribution < -0.4 is 0 Å². The number of aliphatic carboxylic acids is 1. The van der Waals surface area contributed by atoms with E-state index in [9.17, 15) is 14.4 Å². The fourth-order valence-corrected chi connectivity index (χ4v) is 3.19. The van der Waals surface area contributed by atoms with E-state index in [0.717, 1.165) is 38.5 Å². The van der Waals surface area contributed by atoms with Crippen LogP contribution in [0.15, 0.2) is 0 Å². The maximum absolute atomic E-state index is 12.0. The minimum atomic E-state index is -1.03. The highest BCUT2D eigenvalue weighted by Gasteiger charge is 2.22. The molecule has 0 unspecified atom stereocenters. The number of hydrogen-bond acceptors (Lipinski definition) is 5. The van der Waals surface area contributed by atoms with Gasteiger partial charge in [0.2, 0.25) is 0 Å². The third kappa shape index (κ3) is 19.5. The topological polar surface area (TPSA) is 89.9 Å². The molecule has 0 amide bonds. The first-order valence-electron chi connectivity index (χ1n) is 11.5. The Balaban J connectivity index is 4.00. The van der Waals surface area contributed by atoms with Crippen molar-refractivity contribution in [1.82, 2.24) is 0 Å². The first kappa shape index (κ1) is 27.4. The molecule has 0 aliphatic heterocycles. The van der Waals surface area contributed by atoms with E-state index >= 15 is 0 Å². The first-order valence-corrected chi connectivity index (χ1v) is 11.5. The fraction of sp³-hybridized carbons (Fsp3) is 0.870. The zero-order valence-corrected chi connectivity index (χ0v) is 18.6. The summed E-state index contributed by atoms with van der Waals surface area (Å²) in [6, 6.07) is 0. The van der Waals surface area contributed by atoms with Gasteiger partial charge in [0.1, 0.15) is 0 Å². The summed E-state index contributed by atoms with van der Waals surface area (Å²) < 4.78 is 10.4. The second-order valence-corrected chi connectivity index (χ2v) is 7.85. The van der Waals surface area contributed by atoms with Crippen LogP contribution >= 0.6 is 0 Å². The summed E-state index contributed by atoms with van der Waals surface area (Å²) in [4.78, 5) is 35.0. The molecule has 0 atom stereocenters. The van der Waals surface area contributed by atoms with E-state index < -0.39 is 23.8 Å². The van der Waals surface area contributed by atoms with Gasteiger partial charge in [0, 0.05) is 19.3 Å². The molecule has 0 aromatic carbocycles. The molecule has 0 aromatic heterocycles. The predicted molar refractivity (Wildman–Crippen MR) is 114 cm³/mol. The Hall–Kier alpha value is -1.59. The summed E-state index contributed by atoms with van der Waals surface area (Å²) in [6.45, 7) is 5.04. The molecule has 29 heavy (non-hydrogen) atoms. The second kappa shape index (κ2) is 19.7. The van der Waals surface area contributed by atoms with Gasteiger partial charge in [0.25, 0.3) is 0 Å². The van der Waals surface area contributed by atoms with Crippen LogP contribution in [0.1, 0.15) is 110 Å². The number of carbonyl (C=O) groups is 3. The number of carboxylic acid groups (broad SMARTS) is 1. The van der Waals surface area contributed by atoms with E-state index in [4.69, 9.17) is 14.6 Å². The van der Waals surface area contributed by atoms with Crippen LogP contribution in [0.4, 0.5) is 0 Å². The van der Waals surface area contributed by atoms with Gasteiger partial charge < -0.3 is 14.6 Å². The molecule has 0 radical (unpaired) electrons. The minimum absolute atomic E-state index is 0.0613. The molecule has 6 nitrogen and oxygen atoms in total. The Labute approximate surface area is 176 Å². The van der Waals surface area contributed by atoms with Gasteiger partial charge in [-0.1, -0.05) is 78.1 Å². The molecule has 0 heterocycles. The van der Waals surface area contributed by atoms with Crippen LogP contribution in [0.2, 0.25) is 0 Å². The quantitative estimate of drug-likeness (QED) is 0.204. The van der Waals surface area contributed by atoms with Gasteiger partial charge in [-0.25, -0.2) is 0 Å². The summed E-state index contributed by atoms with van der Waals surface area (Å²) in [5, 5.41) is 9.04. The third-order valence-electron chi connectivity index (χ3n) is 4.90. The van der Waals surface area contributed by atoms with Crippen molar-refractivity contribution < 1.29 is 29.0 Å². The number of esters is 2. The van der Waals surface area contributed by atoms with Gasteiger partial charge in [-0.3, -0.25) is 14.4 Å². The fourth-order valence-electron chi connectivity index (χ4n) is 3.19. The molecule has 0 bridgehead atoms. The van der Waals surface area contributed by atoms with Gasteiger partial charge in [0.15, 0.2) is 0 Å². The third-order valence-corrected chi connectivity index (χ3v) is 4.90. The van der Waals surface area contributed by atoms with Crippen molar-refractivity contribution in [2.24, 2.45) is 5.92 Å². The normalized spacial score (nSPS) is 10.9. The molecule has 0 aliphatic rings. The number of unbranched alkanes of at least 4 members (excludes halogenated alkanes) is 10. The van der Waals surface area contributed by atoms with E-state index in [2.05, 4.69) is 13.8 Å². The lowest BCUT2D eigenvalue weighted by molar-refractivity contribution is -0.148. The highest BCUT2D eigenvalue weighted by molar-refractivity contribution is 5.75. The van der Waals surface area contributed by atoms with Gasteiger partial charge in [-0.05, 0) is 18.8 Å². The molecular weight excluding hydrogens is 372 g/mol. The van der Waals surface area contributed by atoms with Gasteiger partial charge in [-0.2, -0.15) is 0 Å². The number of carbonyl (C=O) groups excluding carboxylic acids is 2. The van der Waals surface area contributed by atoms with Crippen LogP contribution in [0.5, 0.6) is 0 Å². The first-order chi connectivity index (χ1) is 14.0. The summed E-state index contributed by atoms with van der Waals surface area (Å²) in [5.74, 6) is -2.48. The second-order valence-electron chi connectivity index (χ2n) is 7.85. The van der Waals surface area contributed by atoms with Crippen molar-refractivity contribution in [2.45, 2.75) is 110 Å². The predicted octanol–water partition coefficient (Wildman–Crippen LogP) is 5.66. The van der Waals surface area contributed by atoms with E-state index in [0.29, 0.717) is 13.2 Å². The van der Waals surface area contributed by atoms with Crippen molar-refractivity contribution in [2.75, 3.05) is 13.2 Å². The van der Waals surface area contributed by atoms with Crippen molar-refractivity contribution in [3.8, 4) is 0 Å². The highest BCUT2D eigenvalue weighted by Crippen LogP contribution is 2.16. The van der Waals surface area contributed by atoms with Crippen LogP contribution in [0.3, 0.4) is 0 Å². The monoisotopic (exact) mass is 414 g/mol. The maximum Gasteiger partial charge on any atom is 0.306 e. The molecule has 0 rings (SSSR count). The Bertz CT molecular complexity index is 403. The van der Waals surface area contributed by atoms with Gasteiger partial charge in [0.05, 0.1) is 13.2 Å². The lowest BCUT2D eigenvalue weighted by Gasteiger charge is -2.14. The van der Waals surface area contributed by atoms with Gasteiger partial charge in [-0.15, -0.1) is 0 Å². The zero-order chi connectivity index (χ0) is 21.7. The largest absolute Gasteiger partial charge is 0.481 e. The maximum atomic E-state index is 12.0. The van der Waals surface area contributed by atoms with E-state index in [-0.39, 0.29) is 19.3 Å². The zero-order valence-electron chi connectivity index (χ0n) is 18.6. The van der Waals surface area contributed by atoms with E-state index in [1.807, 2.05) is 0 Å². The van der Waals surface area contributed by atoms with Crippen molar-refractivity contribution in [3.63, 3.8) is 0 Å². The lowest BCUT2D eigenvalue weighted by Crippen LogP contribution is -2.20. The van der Waals surface area contributed by atoms with Crippen LogP contribution in [-0.4, -0.2) is 36.2 Å². The van der Waals surface area contributed by atoms with Crippen molar-refractivity contribution in [1.29, 1.82) is 0 Å². The Morgan fingerprint density at radius 1 is 0.621 bits per heavy atom. The van der Waals surface area contributed by atoms with Crippen LogP contribution in [0, 0.1) is 5.92 Å².